The summed E-state index contributed by atoms with van der Waals surface area (Å²) in [6.07, 6.45) is 7.76. The van der Waals surface area contributed by atoms with Gasteiger partial charge in [0.05, 0.1) is 5.69 Å². The van der Waals surface area contributed by atoms with Crippen molar-refractivity contribution in [1.29, 1.82) is 0 Å². The lowest BCUT2D eigenvalue weighted by Crippen LogP contribution is -2.43. The van der Waals surface area contributed by atoms with Crippen molar-refractivity contribution < 1.29 is 14.1 Å². The van der Waals surface area contributed by atoms with Crippen LogP contribution in [0.1, 0.15) is 76.5 Å². The van der Waals surface area contributed by atoms with E-state index in [0.29, 0.717) is 42.4 Å². The second kappa shape index (κ2) is 13.8. The molecule has 2 aromatic carbocycles. The number of hydrogen-bond acceptors (Lipinski definition) is 5. The molecular weight excluding hydrogens is 744 g/mol. The first-order valence-electron chi connectivity index (χ1n) is 16.5. The van der Waals surface area contributed by atoms with E-state index in [1.807, 2.05) is 47.5 Å². The van der Waals surface area contributed by atoms with Crippen LogP contribution < -0.4 is 0 Å². The molecule has 1 aliphatic carbocycles. The van der Waals surface area contributed by atoms with Gasteiger partial charge >= 0.3 is 0 Å². The molecule has 0 unspecified atom stereocenters. The summed E-state index contributed by atoms with van der Waals surface area (Å²) in [5, 5.41) is 4.94. The second-order valence-electron chi connectivity index (χ2n) is 13.1. The van der Waals surface area contributed by atoms with E-state index in [2.05, 4.69) is 54.0 Å². The molecule has 10 heteroatoms. The van der Waals surface area contributed by atoms with Gasteiger partial charge < -0.3 is 14.3 Å². The summed E-state index contributed by atoms with van der Waals surface area (Å²) in [4.78, 5) is 36.1. The molecule has 0 saturated carbocycles. The Morgan fingerprint density at radius 3 is 2.38 bits per heavy atom. The number of likely N-dealkylation sites (tertiary alicyclic amines) is 2. The minimum absolute atomic E-state index is 0.0492. The van der Waals surface area contributed by atoms with Crippen LogP contribution in [0, 0.1) is 18.8 Å². The molecule has 2 saturated heterocycles. The number of carbonyl (C=O) groups excluding carboxylic acids is 2. The predicted molar refractivity (Wildman–Crippen MR) is 190 cm³/mol. The van der Waals surface area contributed by atoms with Crippen LogP contribution in [0.3, 0.4) is 0 Å². The summed E-state index contributed by atoms with van der Waals surface area (Å²) in [6.45, 7) is 4.54. The predicted octanol–water partition coefficient (Wildman–Crippen LogP) is 8.64. The fraction of sp³-hybridized carbons (Fsp3) is 0.405. The average Bonchev–Trinajstić information content (AvgIpc) is 3.39. The standard InChI is InChI=1S/C37H37Br2ClN4O3/c1-22-32(36(42-47-22)25-5-3-2-4-6-25)37(46)44-13-9-23(10-14-44)17-31(45)43-15-11-24(12-16-43)34-33-26(19-29(40)20-30(33)39)7-8-27-18-28(38)21-41-35(27)34/h2-6,18-21,23-24,34H,7-17H2,1H3/t34-/m1/s1. The summed E-state index contributed by atoms with van der Waals surface area (Å²) < 4.78 is 7.49. The van der Waals surface area contributed by atoms with Crippen LogP contribution in [0.15, 0.2) is 68.2 Å². The second-order valence-corrected chi connectivity index (χ2v) is 15.3. The van der Waals surface area contributed by atoms with Gasteiger partial charge in [-0.3, -0.25) is 14.6 Å². The summed E-state index contributed by atoms with van der Waals surface area (Å²) in [6, 6.07) is 16.0. The maximum atomic E-state index is 13.6. The van der Waals surface area contributed by atoms with E-state index in [1.165, 1.54) is 16.7 Å². The molecule has 0 radical (unpaired) electrons. The Balaban J connectivity index is 0.979. The lowest BCUT2D eigenvalue weighted by Gasteiger charge is -2.38. The molecule has 244 valence electrons. The monoisotopic (exact) mass is 778 g/mol. The average molecular weight is 781 g/mol. The maximum Gasteiger partial charge on any atom is 0.259 e. The Labute approximate surface area is 297 Å². The quantitative estimate of drug-likeness (QED) is 0.203. The van der Waals surface area contributed by atoms with E-state index in [-0.39, 0.29) is 23.7 Å². The number of amides is 2. The molecule has 2 amide bonds. The number of piperidine rings is 2. The van der Waals surface area contributed by atoms with Crippen molar-refractivity contribution in [2.75, 3.05) is 26.2 Å². The first-order chi connectivity index (χ1) is 22.8. The molecule has 4 heterocycles. The summed E-state index contributed by atoms with van der Waals surface area (Å²) in [5.74, 6) is 1.50. The van der Waals surface area contributed by atoms with Crippen molar-refractivity contribution in [3.05, 3.63) is 102 Å². The minimum atomic E-state index is -0.0492. The number of carbonyl (C=O) groups is 2. The first-order valence-corrected chi connectivity index (χ1v) is 18.4. The number of fused-ring (bicyclic) bond motifs is 2. The Bertz CT molecular complexity index is 1800. The normalized spacial score (nSPS) is 18.9. The number of aromatic nitrogens is 2. The largest absolute Gasteiger partial charge is 0.360 e. The molecule has 0 N–H and O–H groups in total. The van der Waals surface area contributed by atoms with Gasteiger partial charge in [-0.1, -0.05) is 63.0 Å². The van der Waals surface area contributed by atoms with Crippen molar-refractivity contribution in [3.8, 4) is 11.3 Å². The van der Waals surface area contributed by atoms with Gasteiger partial charge in [-0.2, -0.15) is 0 Å². The van der Waals surface area contributed by atoms with Crippen LogP contribution in [0.4, 0.5) is 0 Å². The van der Waals surface area contributed by atoms with E-state index in [1.54, 1.807) is 6.92 Å². The lowest BCUT2D eigenvalue weighted by atomic mass is 9.76. The molecule has 0 spiro atoms. The molecule has 2 aliphatic heterocycles. The van der Waals surface area contributed by atoms with Crippen molar-refractivity contribution >= 4 is 55.3 Å². The van der Waals surface area contributed by atoms with Crippen molar-refractivity contribution in [1.82, 2.24) is 19.9 Å². The van der Waals surface area contributed by atoms with Crippen molar-refractivity contribution in [3.63, 3.8) is 0 Å². The minimum Gasteiger partial charge on any atom is -0.360 e. The molecule has 4 aromatic rings. The molecular formula is C37H37Br2ClN4O3. The molecule has 47 heavy (non-hydrogen) atoms. The Kier molecular flexibility index (Phi) is 9.58. The zero-order valence-electron chi connectivity index (χ0n) is 26.4. The number of hydrogen-bond donors (Lipinski definition) is 0. The number of benzene rings is 2. The first kappa shape index (κ1) is 32.5. The number of halogens is 3. The SMILES string of the molecule is Cc1onc(-c2ccccc2)c1C(=O)N1CCC(CC(=O)N2CCC([C@H]3c4ncc(Br)cc4CCc4cc(Cl)cc(Br)c43)CC2)CC1. The zero-order valence-corrected chi connectivity index (χ0v) is 30.3. The van der Waals surface area contributed by atoms with Gasteiger partial charge in [0.1, 0.15) is 17.0 Å². The molecule has 7 rings (SSSR count). The van der Waals surface area contributed by atoms with Gasteiger partial charge in [0.2, 0.25) is 5.91 Å². The van der Waals surface area contributed by atoms with Gasteiger partial charge in [-0.15, -0.1) is 0 Å². The van der Waals surface area contributed by atoms with Crippen LogP contribution in [0.25, 0.3) is 11.3 Å². The molecule has 0 bridgehead atoms. The Morgan fingerprint density at radius 1 is 0.936 bits per heavy atom. The third-order valence-corrected chi connectivity index (χ3v) is 11.6. The lowest BCUT2D eigenvalue weighted by molar-refractivity contribution is -0.134. The van der Waals surface area contributed by atoms with E-state index >= 15 is 0 Å². The van der Waals surface area contributed by atoms with Crippen LogP contribution >= 0.6 is 43.5 Å². The molecule has 1 atom stereocenters. The van der Waals surface area contributed by atoms with E-state index < -0.39 is 0 Å². The highest BCUT2D eigenvalue weighted by atomic mass is 79.9. The summed E-state index contributed by atoms with van der Waals surface area (Å²) in [7, 11) is 0. The third kappa shape index (κ3) is 6.68. The van der Waals surface area contributed by atoms with Gasteiger partial charge in [0.25, 0.3) is 5.91 Å². The highest BCUT2D eigenvalue weighted by Crippen LogP contribution is 2.46. The maximum absolute atomic E-state index is 13.6. The van der Waals surface area contributed by atoms with Crippen LogP contribution in [-0.2, 0) is 17.6 Å². The van der Waals surface area contributed by atoms with Gasteiger partial charge in [-0.25, -0.2) is 0 Å². The van der Waals surface area contributed by atoms with Crippen LogP contribution in [0.5, 0.6) is 0 Å². The molecule has 2 aromatic heterocycles. The topological polar surface area (TPSA) is 79.5 Å². The number of aryl methyl sites for hydroxylation is 3. The fourth-order valence-electron chi connectivity index (χ4n) is 7.80. The Morgan fingerprint density at radius 2 is 1.64 bits per heavy atom. The number of rotatable bonds is 5. The summed E-state index contributed by atoms with van der Waals surface area (Å²) >= 11 is 14.0. The van der Waals surface area contributed by atoms with E-state index in [9.17, 15) is 9.59 Å². The van der Waals surface area contributed by atoms with Crippen LogP contribution in [0.2, 0.25) is 5.02 Å². The zero-order chi connectivity index (χ0) is 32.7. The highest BCUT2D eigenvalue weighted by molar-refractivity contribution is 9.10. The van der Waals surface area contributed by atoms with E-state index in [0.717, 1.165) is 76.8 Å². The van der Waals surface area contributed by atoms with Crippen molar-refractivity contribution in [2.24, 2.45) is 11.8 Å². The molecule has 3 aliphatic rings. The van der Waals surface area contributed by atoms with Gasteiger partial charge in [0, 0.05) is 64.2 Å². The smallest absolute Gasteiger partial charge is 0.259 e. The summed E-state index contributed by atoms with van der Waals surface area (Å²) in [5.41, 5.74) is 7.00. The molecule has 2 fully saturated rings. The molecule has 7 nitrogen and oxygen atoms in total. The fourth-order valence-corrected chi connectivity index (χ4v) is 9.30. The third-order valence-electron chi connectivity index (χ3n) is 10.3. The van der Waals surface area contributed by atoms with Gasteiger partial charge in [0.15, 0.2) is 0 Å². The van der Waals surface area contributed by atoms with Crippen molar-refractivity contribution in [2.45, 2.75) is 57.8 Å². The number of nitrogens with zero attached hydrogens (tertiary/aromatic N) is 4. The van der Waals surface area contributed by atoms with E-state index in [4.69, 9.17) is 21.1 Å². The number of pyridine rings is 1. The van der Waals surface area contributed by atoms with Crippen LogP contribution in [-0.4, -0.2) is 57.9 Å². The van der Waals surface area contributed by atoms with Gasteiger partial charge in [-0.05, 0) is 108 Å². The highest BCUT2D eigenvalue weighted by Gasteiger charge is 2.37. The Hall–Kier alpha value is -3.01.